The monoisotopic (exact) mass is 723 g/mol. The molecule has 0 aromatic heterocycles. The van der Waals surface area contributed by atoms with Crippen LogP contribution in [0.1, 0.15) is 158 Å². The van der Waals surface area contributed by atoms with E-state index in [9.17, 15) is 19.5 Å². The van der Waals surface area contributed by atoms with Crippen molar-refractivity contribution in [1.82, 2.24) is 10.2 Å². The molecule has 5 saturated carbocycles. The minimum absolute atomic E-state index is 0.0776. The van der Waals surface area contributed by atoms with E-state index in [2.05, 4.69) is 58.3 Å². The summed E-state index contributed by atoms with van der Waals surface area (Å²) < 4.78 is 6.19. The van der Waals surface area contributed by atoms with Crippen LogP contribution >= 0.6 is 0 Å². The Bertz CT molecular complexity index is 1380. The van der Waals surface area contributed by atoms with Crippen molar-refractivity contribution >= 4 is 17.8 Å². The Morgan fingerprint density at radius 2 is 1.58 bits per heavy atom. The third-order valence-corrected chi connectivity index (χ3v) is 17.6. The van der Waals surface area contributed by atoms with Gasteiger partial charge in [0.05, 0.1) is 11.8 Å². The highest BCUT2D eigenvalue weighted by atomic mass is 16.5. The maximum Gasteiger partial charge on any atom is 0.309 e. The van der Waals surface area contributed by atoms with Crippen LogP contribution in [0.15, 0.2) is 12.2 Å². The van der Waals surface area contributed by atoms with Gasteiger partial charge in [0.2, 0.25) is 5.91 Å². The highest BCUT2D eigenvalue weighted by Gasteiger charge is 2.71. The van der Waals surface area contributed by atoms with Crippen molar-refractivity contribution in [2.75, 3.05) is 26.2 Å². The van der Waals surface area contributed by atoms with Crippen LogP contribution in [0.3, 0.4) is 0 Å². The summed E-state index contributed by atoms with van der Waals surface area (Å²) >= 11 is 0. The van der Waals surface area contributed by atoms with Crippen LogP contribution in [0.2, 0.25) is 0 Å². The Hall–Kier alpha value is -1.89. The molecule has 7 heteroatoms. The van der Waals surface area contributed by atoms with Crippen molar-refractivity contribution in [1.29, 1.82) is 0 Å². The van der Waals surface area contributed by atoms with E-state index in [1.807, 2.05) is 0 Å². The molecule has 0 aromatic rings. The lowest BCUT2D eigenvalue weighted by molar-refractivity contribution is -0.250. The predicted octanol–water partition coefficient (Wildman–Crippen LogP) is 9.44. The van der Waals surface area contributed by atoms with Crippen molar-refractivity contribution in [3.63, 3.8) is 0 Å². The molecule has 0 radical (unpaired) electrons. The zero-order valence-electron chi connectivity index (χ0n) is 34.3. The van der Waals surface area contributed by atoms with Gasteiger partial charge in [0.15, 0.2) is 0 Å². The second-order valence-corrected chi connectivity index (χ2v) is 21.0. The maximum atomic E-state index is 13.8. The summed E-state index contributed by atoms with van der Waals surface area (Å²) in [5, 5.41) is 13.0. The quantitative estimate of drug-likeness (QED) is 0.125. The van der Waals surface area contributed by atoms with Crippen LogP contribution in [0.5, 0.6) is 0 Å². The van der Waals surface area contributed by atoms with E-state index in [0.29, 0.717) is 36.0 Å². The number of nitrogens with one attached hydrogen (secondary N) is 1. The number of esters is 1. The van der Waals surface area contributed by atoms with Crippen LogP contribution in [0.4, 0.5) is 0 Å². The Morgan fingerprint density at radius 1 is 0.865 bits per heavy atom. The molecule has 294 valence electrons. The summed E-state index contributed by atoms with van der Waals surface area (Å²) in [6.45, 7) is 26.9. The number of ether oxygens (including phenoxy) is 1. The molecule has 2 N–H and O–H groups in total. The number of piperidine rings is 1. The van der Waals surface area contributed by atoms with E-state index < -0.39 is 11.4 Å². The first-order valence-corrected chi connectivity index (χ1v) is 21.4. The number of amides is 1. The lowest BCUT2D eigenvalue weighted by Crippen LogP contribution is -2.67. The molecule has 52 heavy (non-hydrogen) atoms. The van der Waals surface area contributed by atoms with Crippen molar-refractivity contribution in [3.05, 3.63) is 12.2 Å². The molecular formula is C45H74N2O5. The van der Waals surface area contributed by atoms with E-state index in [1.165, 1.54) is 70.0 Å². The largest absolute Gasteiger partial charge is 0.481 e. The van der Waals surface area contributed by atoms with Gasteiger partial charge < -0.3 is 20.1 Å². The van der Waals surface area contributed by atoms with E-state index in [1.54, 1.807) is 13.8 Å². The third-order valence-electron chi connectivity index (χ3n) is 17.6. The second-order valence-electron chi connectivity index (χ2n) is 21.0. The molecule has 0 aromatic carbocycles. The first kappa shape index (κ1) is 39.8. The number of nitrogens with zero attached hydrogens (tertiary/aromatic N) is 1. The Labute approximate surface area is 316 Å². The summed E-state index contributed by atoms with van der Waals surface area (Å²) in [5.74, 6) is 1.57. The normalized spacial score (nSPS) is 41.5. The summed E-state index contributed by atoms with van der Waals surface area (Å²) in [7, 11) is 0. The number of allylic oxidation sites excluding steroid dienone is 1. The van der Waals surface area contributed by atoms with Crippen molar-refractivity contribution in [2.24, 2.45) is 62.1 Å². The molecule has 7 nitrogen and oxygen atoms in total. The number of hydrogen-bond acceptors (Lipinski definition) is 5. The molecule has 0 unspecified atom stereocenters. The van der Waals surface area contributed by atoms with Crippen LogP contribution < -0.4 is 5.32 Å². The molecule has 1 amide bonds. The van der Waals surface area contributed by atoms with Gasteiger partial charge in [-0.3, -0.25) is 14.4 Å². The first-order valence-electron chi connectivity index (χ1n) is 21.4. The molecular weight excluding hydrogens is 649 g/mol. The highest BCUT2D eigenvalue weighted by Crippen LogP contribution is 2.78. The van der Waals surface area contributed by atoms with Crippen molar-refractivity contribution in [2.45, 2.75) is 164 Å². The lowest BCUT2D eigenvalue weighted by Gasteiger charge is -2.73. The number of likely N-dealkylation sites (tertiary alicyclic amines) is 1. The minimum Gasteiger partial charge on any atom is -0.481 e. The molecule has 10 atom stereocenters. The van der Waals surface area contributed by atoms with E-state index >= 15 is 0 Å². The lowest BCUT2D eigenvalue weighted by atomic mass is 9.32. The molecule has 1 heterocycles. The van der Waals surface area contributed by atoms with Gasteiger partial charge in [-0.25, -0.2) is 0 Å². The Balaban J connectivity index is 1.17. The van der Waals surface area contributed by atoms with Gasteiger partial charge in [-0.1, -0.05) is 53.2 Å². The number of carboxylic acid groups (broad SMARTS) is 1. The van der Waals surface area contributed by atoms with Gasteiger partial charge in [-0.15, -0.1) is 0 Å². The number of aliphatic carboxylic acids is 1. The van der Waals surface area contributed by atoms with E-state index in [4.69, 9.17) is 4.74 Å². The number of carboxylic acids is 1. The Morgan fingerprint density at radius 3 is 2.25 bits per heavy atom. The average Bonchev–Trinajstić information content (AvgIpc) is 3.44. The summed E-state index contributed by atoms with van der Waals surface area (Å²) in [6, 6.07) is 0. The van der Waals surface area contributed by atoms with Gasteiger partial charge in [0.25, 0.3) is 0 Å². The number of carbonyl (C=O) groups excluding carboxylic acids is 2. The fourth-order valence-electron chi connectivity index (χ4n) is 14.5. The summed E-state index contributed by atoms with van der Waals surface area (Å²) in [5.41, 5.74) is 0.639. The van der Waals surface area contributed by atoms with Gasteiger partial charge in [0.1, 0.15) is 6.10 Å². The topological polar surface area (TPSA) is 95.9 Å². The highest BCUT2D eigenvalue weighted by molar-refractivity contribution is 5.81. The summed E-state index contributed by atoms with van der Waals surface area (Å²) in [4.78, 5) is 41.2. The summed E-state index contributed by atoms with van der Waals surface area (Å²) in [6.07, 6.45) is 16.7. The molecule has 6 aliphatic rings. The van der Waals surface area contributed by atoms with Gasteiger partial charge in [-0.05, 0) is 175 Å². The maximum absolute atomic E-state index is 13.8. The van der Waals surface area contributed by atoms with E-state index in [0.717, 1.165) is 51.6 Å². The number of rotatable bonds is 11. The van der Waals surface area contributed by atoms with Crippen LogP contribution in [-0.4, -0.2) is 60.1 Å². The fourth-order valence-corrected chi connectivity index (χ4v) is 14.5. The first-order chi connectivity index (χ1) is 24.3. The third kappa shape index (κ3) is 6.71. The van der Waals surface area contributed by atoms with E-state index in [-0.39, 0.29) is 51.5 Å². The predicted molar refractivity (Wildman–Crippen MR) is 207 cm³/mol. The smallest absolute Gasteiger partial charge is 0.309 e. The average molecular weight is 723 g/mol. The molecule has 6 rings (SSSR count). The zero-order chi connectivity index (χ0) is 37.9. The molecule has 0 spiro atoms. The minimum atomic E-state index is -1.14. The molecule has 1 aliphatic heterocycles. The molecule has 0 bridgehead atoms. The van der Waals surface area contributed by atoms with Crippen LogP contribution in [-0.2, 0) is 19.1 Å². The molecule has 6 fully saturated rings. The van der Waals surface area contributed by atoms with Gasteiger partial charge in [0, 0.05) is 18.4 Å². The SMILES string of the molecule is C=C(C)[C@@H]1CC[C@]2(CC(=O)NCCCN3CCCCC3)CC[C@]3(C)[C@H](CC[C@@H]4[C@@]5(C)CC[C@H](OC(=O)CC(C)(C)C(=O)O)C(C)(C)[C@@H]5CC[C@]43C)[C@@H]12. The van der Waals surface area contributed by atoms with Crippen molar-refractivity contribution in [3.8, 4) is 0 Å². The standard InChI is InChI=1S/C45H74N2O5/c1-30(2)31-16-21-45(28-36(48)46-24-13-27-47-25-11-10-12-26-47)23-22-43(8)32(38(31)45)14-15-34-42(7)19-18-35(52-37(49)29-40(3,4)39(50)51)41(5,6)33(42)17-20-44(34,43)9/h31-35,38H,1,10-29H2,2-9H3,(H,46,48)(H,50,51)/t31-,32+,33-,34+,35-,38+,42-,43+,44+,45+/m0/s1. The fraction of sp³-hybridized carbons (Fsp3) is 0.889. The van der Waals surface area contributed by atoms with Crippen LogP contribution in [0, 0.1) is 62.1 Å². The zero-order valence-corrected chi connectivity index (χ0v) is 34.3. The van der Waals surface area contributed by atoms with Crippen LogP contribution in [0.25, 0.3) is 0 Å². The van der Waals surface area contributed by atoms with Crippen molar-refractivity contribution < 1.29 is 24.2 Å². The molecule has 1 saturated heterocycles. The number of fused-ring (bicyclic) bond motifs is 7. The second kappa shape index (κ2) is 14.3. The van der Waals surface area contributed by atoms with Gasteiger partial charge in [-0.2, -0.15) is 0 Å². The number of carbonyl (C=O) groups is 3. The molecule has 5 aliphatic carbocycles. The Kier molecular flexibility index (Phi) is 11.0. The van der Waals surface area contributed by atoms with Gasteiger partial charge >= 0.3 is 11.9 Å². The number of hydrogen-bond donors (Lipinski definition) is 2.